The van der Waals surface area contributed by atoms with Crippen LogP contribution in [0.1, 0.15) is 19.8 Å². The average molecular weight is 319 g/mol. The molecule has 0 spiro atoms. The molecule has 0 aromatic heterocycles. The van der Waals surface area contributed by atoms with Crippen molar-refractivity contribution < 1.29 is 23.8 Å². The summed E-state index contributed by atoms with van der Waals surface area (Å²) in [5.41, 5.74) is 0. The van der Waals surface area contributed by atoms with Gasteiger partial charge < -0.3 is 19.1 Å². The number of ether oxygens (including phenoxy) is 3. The van der Waals surface area contributed by atoms with Gasteiger partial charge in [0.2, 0.25) is 6.10 Å². The molecule has 2 aliphatic heterocycles. The van der Waals surface area contributed by atoms with E-state index >= 15 is 0 Å². The van der Waals surface area contributed by atoms with Crippen molar-refractivity contribution in [1.29, 1.82) is 0 Å². The zero-order valence-corrected chi connectivity index (χ0v) is 13.2. The van der Waals surface area contributed by atoms with Crippen molar-refractivity contribution >= 4 is 11.9 Å². The van der Waals surface area contributed by atoms with Gasteiger partial charge >= 0.3 is 5.97 Å². The van der Waals surface area contributed by atoms with Crippen molar-refractivity contribution in [1.82, 2.24) is 4.90 Å². The van der Waals surface area contributed by atoms with Crippen LogP contribution in [0.2, 0.25) is 0 Å². The Kier molecular flexibility index (Phi) is 4.69. The molecule has 124 valence electrons. The maximum atomic E-state index is 12.1. The van der Waals surface area contributed by atoms with Crippen LogP contribution in [0.4, 0.5) is 0 Å². The van der Waals surface area contributed by atoms with Gasteiger partial charge in [-0.2, -0.15) is 0 Å². The van der Waals surface area contributed by atoms with E-state index in [0.29, 0.717) is 17.4 Å². The van der Waals surface area contributed by atoms with E-state index in [1.807, 2.05) is 6.07 Å². The number of amides is 1. The fourth-order valence-corrected chi connectivity index (χ4v) is 2.87. The second-order valence-corrected chi connectivity index (χ2v) is 6.06. The lowest BCUT2D eigenvalue weighted by Crippen LogP contribution is -2.43. The lowest BCUT2D eigenvalue weighted by Gasteiger charge is -2.31. The van der Waals surface area contributed by atoms with E-state index in [4.69, 9.17) is 14.2 Å². The number of carbonyl (C=O) groups is 2. The quantitative estimate of drug-likeness (QED) is 0.792. The first-order valence-corrected chi connectivity index (χ1v) is 7.96. The minimum atomic E-state index is -0.835. The summed E-state index contributed by atoms with van der Waals surface area (Å²) in [5.74, 6) is 0.890. The third kappa shape index (κ3) is 3.75. The molecule has 3 rings (SSSR count). The molecule has 0 saturated carbocycles. The lowest BCUT2D eigenvalue weighted by atomic mass is 10.0. The standard InChI is InChI=1S/C17H21NO5/c1-12-5-4-8-18(9-12)16(19)11-22-17(20)15-10-21-13-6-2-3-7-14(13)23-15/h2-3,6-7,12,15H,4-5,8-11H2,1H3/t12-,15+/m0/s1. The van der Waals surface area contributed by atoms with E-state index in [2.05, 4.69) is 6.92 Å². The maximum absolute atomic E-state index is 12.1. The molecule has 0 unspecified atom stereocenters. The highest BCUT2D eigenvalue weighted by Gasteiger charge is 2.30. The minimum absolute atomic E-state index is 0.0881. The third-order valence-corrected chi connectivity index (χ3v) is 4.12. The van der Waals surface area contributed by atoms with E-state index < -0.39 is 12.1 Å². The van der Waals surface area contributed by atoms with Gasteiger partial charge in [-0.15, -0.1) is 0 Å². The molecule has 0 aliphatic carbocycles. The highest BCUT2D eigenvalue weighted by atomic mass is 16.6. The fourth-order valence-electron chi connectivity index (χ4n) is 2.87. The summed E-state index contributed by atoms with van der Waals surface area (Å²) in [4.78, 5) is 25.9. The number of likely N-dealkylation sites (tertiary alicyclic amines) is 1. The van der Waals surface area contributed by atoms with E-state index in [9.17, 15) is 9.59 Å². The first kappa shape index (κ1) is 15.6. The second kappa shape index (κ2) is 6.89. The SMILES string of the molecule is C[C@H]1CCCN(C(=O)COC(=O)[C@H]2COc3ccccc3O2)C1. The summed E-state index contributed by atoms with van der Waals surface area (Å²) in [6.45, 7) is 3.43. The molecule has 0 N–H and O–H groups in total. The number of para-hydroxylation sites is 2. The van der Waals surface area contributed by atoms with Crippen LogP contribution in [-0.4, -0.2) is 49.2 Å². The summed E-state index contributed by atoms with van der Waals surface area (Å²) in [5, 5.41) is 0. The van der Waals surface area contributed by atoms with E-state index in [-0.39, 0.29) is 19.1 Å². The summed E-state index contributed by atoms with van der Waals surface area (Å²) >= 11 is 0. The van der Waals surface area contributed by atoms with Gasteiger partial charge in [0.15, 0.2) is 18.1 Å². The Bertz CT molecular complexity index is 588. The van der Waals surface area contributed by atoms with Crippen LogP contribution in [0.15, 0.2) is 24.3 Å². The van der Waals surface area contributed by atoms with Gasteiger partial charge in [0.1, 0.15) is 6.61 Å². The number of carbonyl (C=O) groups excluding carboxylic acids is 2. The van der Waals surface area contributed by atoms with Gasteiger partial charge in [0.25, 0.3) is 5.91 Å². The molecule has 0 bridgehead atoms. The average Bonchev–Trinajstić information content (AvgIpc) is 2.59. The molecule has 23 heavy (non-hydrogen) atoms. The number of hydrogen-bond donors (Lipinski definition) is 0. The highest BCUT2D eigenvalue weighted by molar-refractivity contribution is 5.82. The fraction of sp³-hybridized carbons (Fsp3) is 0.529. The molecule has 2 aliphatic rings. The Labute approximate surface area is 135 Å². The van der Waals surface area contributed by atoms with Crippen LogP contribution >= 0.6 is 0 Å². The molecule has 2 atom stereocenters. The van der Waals surface area contributed by atoms with Crippen LogP contribution in [0.25, 0.3) is 0 Å². The summed E-state index contributed by atoms with van der Waals surface area (Å²) in [7, 11) is 0. The first-order valence-electron chi connectivity index (χ1n) is 7.96. The zero-order chi connectivity index (χ0) is 16.2. The van der Waals surface area contributed by atoms with Gasteiger partial charge in [-0.1, -0.05) is 19.1 Å². The van der Waals surface area contributed by atoms with Crippen molar-refractivity contribution in [3.05, 3.63) is 24.3 Å². The summed E-state index contributed by atoms with van der Waals surface area (Å²) < 4.78 is 16.1. The normalized spacial score (nSPS) is 23.3. The van der Waals surface area contributed by atoms with Crippen molar-refractivity contribution in [3.8, 4) is 11.5 Å². The number of rotatable bonds is 3. The van der Waals surface area contributed by atoms with E-state index in [0.717, 1.165) is 25.9 Å². The van der Waals surface area contributed by atoms with Crippen molar-refractivity contribution in [2.75, 3.05) is 26.3 Å². The first-order chi connectivity index (χ1) is 11.1. The van der Waals surface area contributed by atoms with Gasteiger partial charge in [-0.25, -0.2) is 4.79 Å². The molecular weight excluding hydrogens is 298 g/mol. The molecule has 1 saturated heterocycles. The Morgan fingerprint density at radius 1 is 1.30 bits per heavy atom. The predicted octanol–water partition coefficient (Wildman–Crippen LogP) is 1.63. The van der Waals surface area contributed by atoms with Gasteiger partial charge in [0, 0.05) is 13.1 Å². The molecule has 2 heterocycles. The number of nitrogens with zero attached hydrogens (tertiary/aromatic N) is 1. The zero-order valence-electron chi connectivity index (χ0n) is 13.2. The number of benzene rings is 1. The second-order valence-electron chi connectivity index (χ2n) is 6.06. The van der Waals surface area contributed by atoms with Gasteiger partial charge in [-0.05, 0) is 30.9 Å². The monoisotopic (exact) mass is 319 g/mol. The number of esters is 1. The molecule has 0 radical (unpaired) electrons. The van der Waals surface area contributed by atoms with Crippen molar-refractivity contribution in [2.45, 2.75) is 25.9 Å². The van der Waals surface area contributed by atoms with Crippen molar-refractivity contribution in [2.24, 2.45) is 5.92 Å². The Morgan fingerprint density at radius 2 is 2.09 bits per heavy atom. The lowest BCUT2D eigenvalue weighted by molar-refractivity contribution is -0.160. The molecule has 1 fully saturated rings. The Balaban J connectivity index is 1.49. The van der Waals surface area contributed by atoms with E-state index in [1.54, 1.807) is 23.1 Å². The van der Waals surface area contributed by atoms with Crippen LogP contribution in [0.5, 0.6) is 11.5 Å². The Morgan fingerprint density at radius 3 is 2.87 bits per heavy atom. The maximum Gasteiger partial charge on any atom is 0.351 e. The Hall–Kier alpha value is -2.24. The molecule has 1 amide bonds. The van der Waals surface area contributed by atoms with Crippen LogP contribution < -0.4 is 9.47 Å². The van der Waals surface area contributed by atoms with Crippen LogP contribution in [-0.2, 0) is 14.3 Å². The summed E-state index contributed by atoms with van der Waals surface area (Å²) in [6.07, 6.45) is 1.30. The molecular formula is C17H21NO5. The largest absolute Gasteiger partial charge is 0.485 e. The highest BCUT2D eigenvalue weighted by Crippen LogP contribution is 2.31. The molecule has 6 heteroatoms. The summed E-state index contributed by atoms with van der Waals surface area (Å²) in [6, 6.07) is 7.14. The number of hydrogen-bond acceptors (Lipinski definition) is 5. The van der Waals surface area contributed by atoms with Crippen molar-refractivity contribution in [3.63, 3.8) is 0 Å². The topological polar surface area (TPSA) is 65.1 Å². The third-order valence-electron chi connectivity index (χ3n) is 4.12. The molecule has 1 aromatic rings. The molecule has 1 aromatic carbocycles. The van der Waals surface area contributed by atoms with E-state index in [1.165, 1.54) is 0 Å². The van der Waals surface area contributed by atoms with Crippen LogP contribution in [0.3, 0.4) is 0 Å². The van der Waals surface area contributed by atoms with Gasteiger partial charge in [-0.3, -0.25) is 4.79 Å². The van der Waals surface area contributed by atoms with Gasteiger partial charge in [0.05, 0.1) is 0 Å². The number of piperidine rings is 1. The molecule has 6 nitrogen and oxygen atoms in total. The minimum Gasteiger partial charge on any atom is -0.485 e. The predicted molar refractivity (Wildman–Crippen MR) is 82.3 cm³/mol. The number of fused-ring (bicyclic) bond motifs is 1. The smallest absolute Gasteiger partial charge is 0.351 e. The van der Waals surface area contributed by atoms with Crippen LogP contribution in [0, 0.1) is 5.92 Å².